The van der Waals surface area contributed by atoms with Gasteiger partial charge in [-0.05, 0) is 46.7 Å². The fourth-order valence-corrected chi connectivity index (χ4v) is 4.50. The van der Waals surface area contributed by atoms with Crippen molar-refractivity contribution in [2.45, 2.75) is 38.5 Å². The first-order valence-corrected chi connectivity index (χ1v) is 10.8. The molecule has 3 aromatic rings. The van der Waals surface area contributed by atoms with Gasteiger partial charge in [0.15, 0.2) is 6.10 Å². The fraction of sp³-hybridized carbons (Fsp3) is 0.318. The number of urea groups is 1. The number of tetrazole rings is 1. The van der Waals surface area contributed by atoms with Gasteiger partial charge in [-0.15, -0.1) is 5.10 Å². The average Bonchev–Trinajstić information content (AvgIpc) is 3.47. The van der Waals surface area contributed by atoms with E-state index in [1.807, 2.05) is 13.0 Å². The SMILES string of the molecule is C[C@@H]1CCC[N+]1(C(=O)NCc1cc(Cl)ccc1-n1cnnn1)C(=O)[C@H](O)c1ccccc1. The van der Waals surface area contributed by atoms with E-state index in [0.29, 0.717) is 34.8 Å². The third-order valence-electron chi connectivity index (χ3n) is 6.06. The average molecular weight is 456 g/mol. The molecule has 1 fully saturated rings. The summed E-state index contributed by atoms with van der Waals surface area (Å²) in [6.07, 6.45) is 1.50. The lowest BCUT2D eigenvalue weighted by Crippen LogP contribution is -2.63. The molecule has 3 amide bonds. The summed E-state index contributed by atoms with van der Waals surface area (Å²) in [5.41, 5.74) is 1.83. The Morgan fingerprint density at radius 3 is 2.72 bits per heavy atom. The fourth-order valence-electron chi connectivity index (χ4n) is 4.30. The molecule has 1 unspecified atom stereocenters. The number of carbonyl (C=O) groups excluding carboxylic acids is 2. The lowest BCUT2D eigenvalue weighted by molar-refractivity contribution is -0.787. The molecule has 0 spiro atoms. The van der Waals surface area contributed by atoms with Gasteiger partial charge in [0.05, 0.1) is 18.8 Å². The Hall–Kier alpha value is -3.14. The number of nitrogens with zero attached hydrogens (tertiary/aromatic N) is 5. The number of quaternary nitrogens is 1. The van der Waals surface area contributed by atoms with E-state index in [-0.39, 0.29) is 12.6 Å². The number of imide groups is 1. The van der Waals surface area contributed by atoms with Crippen LogP contribution < -0.4 is 5.32 Å². The Labute approximate surface area is 190 Å². The van der Waals surface area contributed by atoms with Gasteiger partial charge in [-0.1, -0.05) is 41.9 Å². The zero-order valence-corrected chi connectivity index (χ0v) is 18.3. The normalized spacial score (nSPS) is 21.3. The van der Waals surface area contributed by atoms with Gasteiger partial charge in [0, 0.05) is 17.9 Å². The van der Waals surface area contributed by atoms with Crippen LogP contribution >= 0.6 is 11.6 Å². The summed E-state index contributed by atoms with van der Waals surface area (Å²) in [5, 5.41) is 25.4. The van der Waals surface area contributed by atoms with Crippen LogP contribution in [-0.4, -0.2) is 54.3 Å². The summed E-state index contributed by atoms with van der Waals surface area (Å²) < 4.78 is 1.03. The van der Waals surface area contributed by atoms with Gasteiger partial charge in [0.2, 0.25) is 0 Å². The highest BCUT2D eigenvalue weighted by Gasteiger charge is 2.54. The van der Waals surface area contributed by atoms with Gasteiger partial charge in [-0.3, -0.25) is 0 Å². The number of carbonyl (C=O) groups is 2. The van der Waals surface area contributed by atoms with Crippen LogP contribution in [0.15, 0.2) is 54.9 Å². The quantitative estimate of drug-likeness (QED) is 0.572. The predicted molar refractivity (Wildman–Crippen MR) is 117 cm³/mol. The van der Waals surface area contributed by atoms with E-state index >= 15 is 0 Å². The molecular weight excluding hydrogens is 432 g/mol. The van der Waals surface area contributed by atoms with Gasteiger partial charge >= 0.3 is 11.9 Å². The van der Waals surface area contributed by atoms with Gasteiger partial charge in [0.1, 0.15) is 12.4 Å². The van der Waals surface area contributed by atoms with Crippen molar-refractivity contribution in [3.05, 3.63) is 71.0 Å². The van der Waals surface area contributed by atoms with Crippen LogP contribution in [0.1, 0.15) is 37.0 Å². The maximum Gasteiger partial charge on any atom is 0.424 e. The molecule has 1 aliphatic heterocycles. The van der Waals surface area contributed by atoms with E-state index in [0.717, 1.165) is 6.42 Å². The molecule has 1 aliphatic rings. The molecule has 32 heavy (non-hydrogen) atoms. The third-order valence-corrected chi connectivity index (χ3v) is 6.29. The Morgan fingerprint density at radius 1 is 1.28 bits per heavy atom. The molecule has 0 bridgehead atoms. The summed E-state index contributed by atoms with van der Waals surface area (Å²) in [7, 11) is 0. The van der Waals surface area contributed by atoms with Crippen LogP contribution in [0, 0.1) is 0 Å². The molecule has 1 aromatic heterocycles. The molecule has 2 aromatic carbocycles. The highest BCUT2D eigenvalue weighted by molar-refractivity contribution is 6.30. The zero-order chi connectivity index (χ0) is 22.7. The number of amides is 3. The summed E-state index contributed by atoms with van der Waals surface area (Å²) in [4.78, 5) is 26.9. The van der Waals surface area contributed by atoms with Crippen LogP contribution in [0.5, 0.6) is 0 Å². The molecule has 0 aliphatic carbocycles. The first-order valence-electron chi connectivity index (χ1n) is 10.4. The van der Waals surface area contributed by atoms with Crippen molar-refractivity contribution >= 4 is 23.5 Å². The van der Waals surface area contributed by atoms with Crippen LogP contribution in [0.4, 0.5) is 4.79 Å². The van der Waals surface area contributed by atoms with Crippen molar-refractivity contribution in [1.82, 2.24) is 25.5 Å². The van der Waals surface area contributed by atoms with Crippen molar-refractivity contribution in [2.24, 2.45) is 0 Å². The minimum atomic E-state index is -1.38. The van der Waals surface area contributed by atoms with Crippen molar-refractivity contribution < 1.29 is 19.2 Å². The Balaban J connectivity index is 1.59. The van der Waals surface area contributed by atoms with E-state index < -0.39 is 22.5 Å². The lowest BCUT2D eigenvalue weighted by Gasteiger charge is -2.34. The second-order valence-corrected chi connectivity index (χ2v) is 8.36. The van der Waals surface area contributed by atoms with E-state index in [9.17, 15) is 14.7 Å². The largest absolute Gasteiger partial charge is 0.424 e. The number of halogens is 1. The molecule has 4 rings (SSSR count). The minimum Gasteiger partial charge on any atom is -0.375 e. The molecule has 2 heterocycles. The minimum absolute atomic E-state index is 0.121. The second kappa shape index (κ2) is 9.15. The van der Waals surface area contributed by atoms with Gasteiger partial charge < -0.3 is 10.4 Å². The third kappa shape index (κ3) is 4.02. The number of likely N-dealkylation sites (tertiary alicyclic amines) is 1. The zero-order valence-electron chi connectivity index (χ0n) is 17.6. The van der Waals surface area contributed by atoms with Crippen molar-refractivity contribution in [3.8, 4) is 5.69 Å². The van der Waals surface area contributed by atoms with Crippen molar-refractivity contribution in [2.75, 3.05) is 6.54 Å². The molecule has 2 N–H and O–H groups in total. The van der Waals surface area contributed by atoms with Crippen molar-refractivity contribution in [3.63, 3.8) is 0 Å². The monoisotopic (exact) mass is 455 g/mol. The van der Waals surface area contributed by atoms with Gasteiger partial charge in [0.25, 0.3) is 0 Å². The molecule has 10 heteroatoms. The topological polar surface area (TPSA) is 110 Å². The number of aliphatic hydroxyl groups is 1. The van der Waals surface area contributed by atoms with Crippen molar-refractivity contribution in [1.29, 1.82) is 0 Å². The molecular formula is C22H24ClN6O3+. The number of aromatic nitrogens is 4. The van der Waals surface area contributed by atoms with E-state index in [4.69, 9.17) is 11.6 Å². The summed E-state index contributed by atoms with van der Waals surface area (Å²) in [6, 6.07) is 13.2. The Morgan fingerprint density at radius 2 is 2.06 bits per heavy atom. The Bertz CT molecular complexity index is 1110. The van der Waals surface area contributed by atoms with E-state index in [1.54, 1.807) is 42.5 Å². The number of aliphatic hydroxyl groups excluding tert-OH is 1. The molecule has 0 radical (unpaired) electrons. The number of hydrogen-bond donors (Lipinski definition) is 2. The molecule has 9 nitrogen and oxygen atoms in total. The maximum atomic E-state index is 13.5. The van der Waals surface area contributed by atoms with E-state index in [2.05, 4.69) is 20.8 Å². The van der Waals surface area contributed by atoms with Gasteiger partial charge in [-0.25, -0.2) is 14.3 Å². The predicted octanol–water partition coefficient (Wildman–Crippen LogP) is 2.78. The molecule has 1 saturated heterocycles. The van der Waals surface area contributed by atoms with E-state index in [1.165, 1.54) is 11.0 Å². The number of rotatable bonds is 5. The first-order chi connectivity index (χ1) is 15.4. The summed E-state index contributed by atoms with van der Waals surface area (Å²) >= 11 is 6.17. The number of nitrogens with one attached hydrogen (secondary N) is 1. The standard InChI is InChI=1S/C22H23ClN6O3/c1-15-6-5-11-29(15,21(31)20(30)16-7-3-2-4-8-16)22(32)24-13-17-12-18(23)9-10-19(17)28-14-25-26-27-28/h2-4,7-10,12,14-15,20,30H,5-6,11,13H2,1H3/p+1/t15-,20-,29?/m1/s1. The lowest BCUT2D eigenvalue weighted by atomic mass is 10.1. The van der Waals surface area contributed by atoms with Crippen LogP contribution in [-0.2, 0) is 11.3 Å². The van der Waals surface area contributed by atoms with Gasteiger partial charge in [-0.2, -0.15) is 4.48 Å². The first kappa shape index (κ1) is 22.1. The molecule has 3 atom stereocenters. The summed E-state index contributed by atoms with van der Waals surface area (Å²) in [5.74, 6) is -0.523. The second-order valence-electron chi connectivity index (χ2n) is 7.92. The summed E-state index contributed by atoms with van der Waals surface area (Å²) in [6.45, 7) is 2.33. The Kier molecular flexibility index (Phi) is 6.31. The molecule has 166 valence electrons. The smallest absolute Gasteiger partial charge is 0.375 e. The highest BCUT2D eigenvalue weighted by atomic mass is 35.5. The van der Waals surface area contributed by atoms with Crippen LogP contribution in [0.3, 0.4) is 0 Å². The highest BCUT2D eigenvalue weighted by Crippen LogP contribution is 2.32. The van der Waals surface area contributed by atoms with Crippen LogP contribution in [0.25, 0.3) is 5.69 Å². The maximum absolute atomic E-state index is 13.5. The number of benzene rings is 2. The number of hydrogen-bond acceptors (Lipinski definition) is 6. The van der Waals surface area contributed by atoms with Crippen LogP contribution in [0.2, 0.25) is 5.02 Å². The molecule has 0 saturated carbocycles.